The first kappa shape index (κ1) is 20.1. The Bertz CT molecular complexity index is 885. The number of halogens is 1. The zero-order valence-electron chi connectivity index (χ0n) is 14.5. The number of carbonyl (C=O) groups is 1. The molecule has 0 radical (unpaired) electrons. The van der Waals surface area contributed by atoms with Crippen LogP contribution in [0.25, 0.3) is 0 Å². The van der Waals surface area contributed by atoms with E-state index in [1.807, 2.05) is 0 Å². The van der Waals surface area contributed by atoms with Gasteiger partial charge in [-0.2, -0.15) is 0 Å². The average molecular weight is 443 g/mol. The van der Waals surface area contributed by atoms with Crippen molar-refractivity contribution in [2.75, 3.05) is 36.6 Å². The Morgan fingerprint density at radius 2 is 1.77 bits per heavy atom. The quantitative estimate of drug-likeness (QED) is 0.712. The monoisotopic (exact) mass is 442 g/mol. The summed E-state index contributed by atoms with van der Waals surface area (Å²) in [6.45, 7) is -0.365. The van der Waals surface area contributed by atoms with Gasteiger partial charge in [0.2, 0.25) is 15.9 Å². The van der Waals surface area contributed by atoms with Crippen LogP contribution in [-0.2, 0) is 14.8 Å². The SMILES string of the molecule is COc1ccc(NC(=O)CN(c2ccc(Br)cc2)S(C)(=O)=O)c(OC)c1. The molecule has 0 saturated heterocycles. The Labute approximate surface area is 161 Å². The predicted octanol–water partition coefficient (Wildman–Crippen LogP) is 2.87. The van der Waals surface area contributed by atoms with Crippen molar-refractivity contribution in [3.63, 3.8) is 0 Å². The number of hydrogen-bond donors (Lipinski definition) is 1. The molecule has 0 unspecified atom stereocenters. The Kier molecular flexibility index (Phi) is 6.49. The molecule has 0 atom stereocenters. The molecule has 0 bridgehead atoms. The Hall–Kier alpha value is -2.26. The van der Waals surface area contributed by atoms with Crippen LogP contribution in [0, 0.1) is 0 Å². The third-order valence-electron chi connectivity index (χ3n) is 3.48. The van der Waals surface area contributed by atoms with Crippen molar-refractivity contribution < 1.29 is 22.7 Å². The molecule has 140 valence electrons. The summed E-state index contributed by atoms with van der Waals surface area (Å²) in [5.41, 5.74) is 0.815. The van der Waals surface area contributed by atoms with Gasteiger partial charge in [0, 0.05) is 10.5 Å². The number of amides is 1. The van der Waals surface area contributed by atoms with Crippen LogP contribution in [0.4, 0.5) is 11.4 Å². The molecule has 0 aliphatic rings. The summed E-state index contributed by atoms with van der Waals surface area (Å²) in [6, 6.07) is 11.6. The molecule has 9 heteroatoms. The molecule has 1 N–H and O–H groups in total. The van der Waals surface area contributed by atoms with E-state index in [1.165, 1.54) is 14.2 Å². The maximum Gasteiger partial charge on any atom is 0.245 e. The summed E-state index contributed by atoms with van der Waals surface area (Å²) in [4.78, 5) is 12.4. The molecule has 2 aromatic carbocycles. The number of methoxy groups -OCH3 is 2. The molecule has 0 saturated carbocycles. The number of nitrogens with zero attached hydrogens (tertiary/aromatic N) is 1. The number of anilines is 2. The van der Waals surface area contributed by atoms with Crippen molar-refractivity contribution in [2.45, 2.75) is 0 Å². The van der Waals surface area contributed by atoms with Gasteiger partial charge in [0.15, 0.2) is 0 Å². The van der Waals surface area contributed by atoms with E-state index in [0.29, 0.717) is 22.9 Å². The van der Waals surface area contributed by atoms with Crippen LogP contribution in [0.3, 0.4) is 0 Å². The summed E-state index contributed by atoms with van der Waals surface area (Å²) in [5, 5.41) is 2.66. The van der Waals surface area contributed by atoms with E-state index >= 15 is 0 Å². The summed E-state index contributed by atoms with van der Waals surface area (Å²) in [6.07, 6.45) is 1.05. The normalized spacial score (nSPS) is 10.9. The van der Waals surface area contributed by atoms with Crippen LogP contribution in [0.2, 0.25) is 0 Å². The smallest absolute Gasteiger partial charge is 0.245 e. The van der Waals surface area contributed by atoms with Crippen LogP contribution in [0.5, 0.6) is 11.5 Å². The molecule has 0 aliphatic heterocycles. The second kappa shape index (κ2) is 8.41. The summed E-state index contributed by atoms with van der Waals surface area (Å²) in [7, 11) is -0.648. The zero-order chi connectivity index (χ0) is 19.3. The molecule has 26 heavy (non-hydrogen) atoms. The Morgan fingerprint density at radius 1 is 1.12 bits per heavy atom. The van der Waals surface area contributed by atoms with Gasteiger partial charge in [-0.15, -0.1) is 0 Å². The highest BCUT2D eigenvalue weighted by Crippen LogP contribution is 2.29. The van der Waals surface area contributed by atoms with E-state index < -0.39 is 15.9 Å². The Balaban J connectivity index is 2.22. The van der Waals surface area contributed by atoms with Crippen molar-refractivity contribution in [3.8, 4) is 11.5 Å². The number of rotatable bonds is 7. The number of carbonyl (C=O) groups excluding carboxylic acids is 1. The van der Waals surface area contributed by atoms with Gasteiger partial charge >= 0.3 is 0 Å². The first-order chi connectivity index (χ1) is 12.2. The minimum Gasteiger partial charge on any atom is -0.497 e. The number of ether oxygens (including phenoxy) is 2. The summed E-state index contributed by atoms with van der Waals surface area (Å²) < 4.78 is 36.4. The Morgan fingerprint density at radius 3 is 2.31 bits per heavy atom. The highest BCUT2D eigenvalue weighted by Gasteiger charge is 2.21. The van der Waals surface area contributed by atoms with Gasteiger partial charge in [-0.3, -0.25) is 9.10 Å². The number of nitrogens with one attached hydrogen (secondary N) is 1. The minimum atomic E-state index is -3.64. The second-order valence-electron chi connectivity index (χ2n) is 5.36. The fourth-order valence-corrected chi connectivity index (χ4v) is 3.35. The van der Waals surface area contributed by atoms with Crippen molar-refractivity contribution >= 4 is 43.2 Å². The summed E-state index contributed by atoms with van der Waals surface area (Å²) >= 11 is 3.30. The largest absolute Gasteiger partial charge is 0.497 e. The number of benzene rings is 2. The predicted molar refractivity (Wildman–Crippen MR) is 105 cm³/mol. The molecule has 2 aromatic rings. The molecular formula is C17H19BrN2O5S. The van der Waals surface area contributed by atoms with Crippen molar-refractivity contribution in [1.82, 2.24) is 0 Å². The molecule has 0 aromatic heterocycles. The first-order valence-corrected chi connectivity index (χ1v) is 10.1. The van der Waals surface area contributed by atoms with Gasteiger partial charge in [0.05, 0.1) is 31.9 Å². The lowest BCUT2D eigenvalue weighted by molar-refractivity contribution is -0.114. The van der Waals surface area contributed by atoms with Gasteiger partial charge in [0.1, 0.15) is 18.0 Å². The molecular weight excluding hydrogens is 424 g/mol. The van der Waals surface area contributed by atoms with Gasteiger partial charge in [-0.25, -0.2) is 8.42 Å². The van der Waals surface area contributed by atoms with Gasteiger partial charge < -0.3 is 14.8 Å². The molecule has 0 aliphatic carbocycles. The molecule has 0 fully saturated rings. The van der Waals surface area contributed by atoms with Crippen molar-refractivity contribution in [2.24, 2.45) is 0 Å². The topological polar surface area (TPSA) is 84.9 Å². The number of hydrogen-bond acceptors (Lipinski definition) is 5. The highest BCUT2D eigenvalue weighted by atomic mass is 79.9. The maximum atomic E-state index is 12.4. The lowest BCUT2D eigenvalue weighted by atomic mass is 10.2. The second-order valence-corrected chi connectivity index (χ2v) is 8.18. The van der Waals surface area contributed by atoms with Crippen LogP contribution in [0.1, 0.15) is 0 Å². The third kappa shape index (κ3) is 5.12. The maximum absolute atomic E-state index is 12.4. The van der Waals surface area contributed by atoms with E-state index in [1.54, 1.807) is 42.5 Å². The van der Waals surface area contributed by atoms with Crippen LogP contribution < -0.4 is 19.1 Å². The van der Waals surface area contributed by atoms with Crippen LogP contribution in [-0.4, -0.2) is 41.3 Å². The highest BCUT2D eigenvalue weighted by molar-refractivity contribution is 9.10. The van der Waals surface area contributed by atoms with E-state index in [-0.39, 0.29) is 6.54 Å². The van der Waals surface area contributed by atoms with E-state index in [2.05, 4.69) is 21.2 Å². The lowest BCUT2D eigenvalue weighted by Crippen LogP contribution is -2.37. The van der Waals surface area contributed by atoms with E-state index in [0.717, 1.165) is 15.0 Å². The third-order valence-corrected chi connectivity index (χ3v) is 5.15. The molecule has 0 heterocycles. The van der Waals surface area contributed by atoms with Crippen LogP contribution >= 0.6 is 15.9 Å². The lowest BCUT2D eigenvalue weighted by Gasteiger charge is -2.22. The molecule has 0 spiro atoms. The van der Waals surface area contributed by atoms with E-state index in [9.17, 15) is 13.2 Å². The standard InChI is InChI=1S/C17H19BrN2O5S/c1-24-14-8-9-15(16(10-14)25-2)19-17(21)11-20(26(3,22)23)13-6-4-12(18)5-7-13/h4-10H,11H2,1-3H3,(H,19,21). The summed E-state index contributed by atoms with van der Waals surface area (Å²) in [5.74, 6) is 0.488. The zero-order valence-corrected chi connectivity index (χ0v) is 16.9. The van der Waals surface area contributed by atoms with Crippen molar-refractivity contribution in [3.05, 3.63) is 46.9 Å². The van der Waals surface area contributed by atoms with Gasteiger partial charge in [-0.1, -0.05) is 15.9 Å². The minimum absolute atomic E-state index is 0.365. The number of sulfonamides is 1. The van der Waals surface area contributed by atoms with Gasteiger partial charge in [-0.05, 0) is 36.4 Å². The fourth-order valence-electron chi connectivity index (χ4n) is 2.23. The van der Waals surface area contributed by atoms with Gasteiger partial charge in [0.25, 0.3) is 0 Å². The van der Waals surface area contributed by atoms with Crippen LogP contribution in [0.15, 0.2) is 46.9 Å². The van der Waals surface area contributed by atoms with E-state index in [4.69, 9.17) is 9.47 Å². The first-order valence-electron chi connectivity index (χ1n) is 7.49. The molecule has 2 rings (SSSR count). The fraction of sp³-hybridized carbons (Fsp3) is 0.235. The average Bonchev–Trinajstić information content (AvgIpc) is 2.60. The van der Waals surface area contributed by atoms with Crippen molar-refractivity contribution in [1.29, 1.82) is 0 Å². The molecule has 1 amide bonds. The molecule has 7 nitrogen and oxygen atoms in total.